The molecule has 1 aliphatic rings. The molecule has 0 N–H and O–H groups in total. The van der Waals surface area contributed by atoms with E-state index in [-0.39, 0.29) is 0 Å². The van der Waals surface area contributed by atoms with Crippen molar-refractivity contribution in [1.82, 2.24) is 0 Å². The van der Waals surface area contributed by atoms with Gasteiger partial charge in [-0.3, -0.25) is 0 Å². The fourth-order valence-corrected chi connectivity index (χ4v) is 3.85. The van der Waals surface area contributed by atoms with Crippen molar-refractivity contribution in [3.05, 3.63) is 0 Å². The highest BCUT2D eigenvalue weighted by Gasteiger charge is 2.43. The molecule has 0 spiro atoms. The van der Waals surface area contributed by atoms with E-state index in [0.29, 0.717) is 4.75 Å². The first kappa shape index (κ1) is 5.92. The Bertz CT molecular complexity index is 173. The Kier molecular flexibility index (Phi) is 1.01. The summed E-state index contributed by atoms with van der Waals surface area (Å²) < 4.78 is 0.359. The SMILES string of the molecule is CC1(C)CS1(=S)=S. The number of hydrogen-bond donors (Lipinski definition) is 0. The van der Waals surface area contributed by atoms with Gasteiger partial charge in [-0.05, 0) is 36.2 Å². The zero-order valence-corrected chi connectivity index (χ0v) is 6.88. The van der Waals surface area contributed by atoms with Crippen LogP contribution < -0.4 is 0 Å². The second-order valence-electron chi connectivity index (χ2n) is 2.52. The normalized spacial score (nSPS) is 32.3. The van der Waals surface area contributed by atoms with E-state index in [9.17, 15) is 0 Å². The summed E-state index contributed by atoms with van der Waals surface area (Å²) in [5, 5.41) is 0. The van der Waals surface area contributed by atoms with Crippen molar-refractivity contribution >= 4 is 29.5 Å². The first-order chi connectivity index (χ1) is 2.96. The standard InChI is InChI=1S/C4H8S3/c1-4(2)3-7(4,5)6/h3H2,1-2H3. The highest BCUT2D eigenvalue weighted by molar-refractivity contribution is 8.60. The van der Waals surface area contributed by atoms with Crippen LogP contribution in [0.1, 0.15) is 13.8 Å². The highest BCUT2D eigenvalue weighted by Crippen LogP contribution is 2.35. The molecule has 0 saturated carbocycles. The molecule has 1 rings (SSSR count). The van der Waals surface area contributed by atoms with E-state index >= 15 is 0 Å². The summed E-state index contributed by atoms with van der Waals surface area (Å²) in [5.74, 6) is 1.12. The first-order valence-corrected chi connectivity index (χ1v) is 5.83. The summed E-state index contributed by atoms with van der Waals surface area (Å²) in [6, 6.07) is 0. The second kappa shape index (κ2) is 1.20. The summed E-state index contributed by atoms with van der Waals surface area (Å²) in [6.45, 7) is 4.31. The van der Waals surface area contributed by atoms with Crippen LogP contribution in [0.25, 0.3) is 0 Å². The molecule has 0 unspecified atom stereocenters. The third-order valence-corrected chi connectivity index (χ3v) is 7.29. The van der Waals surface area contributed by atoms with Gasteiger partial charge in [-0.2, -0.15) is 0 Å². The van der Waals surface area contributed by atoms with Crippen LogP contribution in [0.4, 0.5) is 0 Å². The monoisotopic (exact) mass is 152 g/mol. The van der Waals surface area contributed by atoms with Gasteiger partial charge < -0.3 is 0 Å². The van der Waals surface area contributed by atoms with Crippen LogP contribution in [0.5, 0.6) is 0 Å². The van der Waals surface area contributed by atoms with E-state index in [1.807, 2.05) is 0 Å². The van der Waals surface area contributed by atoms with Crippen LogP contribution in [-0.4, -0.2) is 10.5 Å². The fourth-order valence-electron chi connectivity index (χ4n) is 0.428. The third kappa shape index (κ3) is 0.819. The van der Waals surface area contributed by atoms with Crippen LogP contribution in [0, 0.1) is 0 Å². The van der Waals surface area contributed by atoms with Crippen molar-refractivity contribution in [2.24, 2.45) is 0 Å². The Labute approximate surface area is 54.1 Å². The molecule has 0 amide bonds. The topological polar surface area (TPSA) is 0 Å². The van der Waals surface area contributed by atoms with Gasteiger partial charge in [0.25, 0.3) is 0 Å². The number of rotatable bonds is 0. The lowest BCUT2D eigenvalue weighted by Crippen LogP contribution is -1.95. The predicted octanol–water partition coefficient (Wildman–Crippen LogP) is 0.856. The fraction of sp³-hybridized carbons (Fsp3) is 1.00. The van der Waals surface area contributed by atoms with Crippen LogP contribution in [0.3, 0.4) is 0 Å². The highest BCUT2D eigenvalue weighted by atomic mass is 33.1. The maximum Gasteiger partial charge on any atom is 0.0288 e. The zero-order chi connectivity index (χ0) is 5.71. The van der Waals surface area contributed by atoms with Gasteiger partial charge in [0.15, 0.2) is 0 Å². The molecule has 0 nitrogen and oxygen atoms in total. The third-order valence-electron chi connectivity index (χ3n) is 1.29. The van der Waals surface area contributed by atoms with E-state index in [1.54, 1.807) is 0 Å². The maximum absolute atomic E-state index is 5.07. The molecular weight excluding hydrogens is 144 g/mol. The molecule has 0 aromatic carbocycles. The molecule has 1 aliphatic heterocycles. The lowest BCUT2D eigenvalue weighted by atomic mass is 10.3. The van der Waals surface area contributed by atoms with Crippen molar-refractivity contribution < 1.29 is 0 Å². The van der Waals surface area contributed by atoms with Crippen LogP contribution >= 0.6 is 0 Å². The van der Waals surface area contributed by atoms with E-state index < -0.39 is 7.15 Å². The molecule has 1 heterocycles. The lowest BCUT2D eigenvalue weighted by molar-refractivity contribution is 0.904. The van der Waals surface area contributed by atoms with Gasteiger partial charge in [-0.15, -0.1) is 0 Å². The molecule has 0 aromatic heterocycles. The van der Waals surface area contributed by atoms with E-state index in [2.05, 4.69) is 13.8 Å². The van der Waals surface area contributed by atoms with Crippen molar-refractivity contribution in [2.75, 3.05) is 5.75 Å². The van der Waals surface area contributed by atoms with Crippen LogP contribution in [-0.2, 0) is 29.5 Å². The summed E-state index contributed by atoms with van der Waals surface area (Å²) in [4.78, 5) is 0. The van der Waals surface area contributed by atoms with E-state index in [4.69, 9.17) is 22.4 Å². The quantitative estimate of drug-likeness (QED) is 0.472. The molecule has 1 fully saturated rings. The Morgan fingerprint density at radius 3 is 1.57 bits per heavy atom. The largest absolute Gasteiger partial charge is 0.0820 e. The van der Waals surface area contributed by atoms with Gasteiger partial charge in [-0.25, -0.2) is 0 Å². The van der Waals surface area contributed by atoms with Gasteiger partial charge in [-0.1, -0.05) is 7.15 Å². The molecule has 0 atom stereocenters. The first-order valence-electron chi connectivity index (χ1n) is 2.18. The molecule has 0 radical (unpaired) electrons. The van der Waals surface area contributed by atoms with Gasteiger partial charge in [0.05, 0.1) is 0 Å². The molecule has 0 aliphatic carbocycles. The molecule has 1 saturated heterocycles. The van der Waals surface area contributed by atoms with Crippen molar-refractivity contribution in [2.45, 2.75) is 18.6 Å². The Morgan fingerprint density at radius 1 is 1.43 bits per heavy atom. The molecule has 42 valence electrons. The zero-order valence-electron chi connectivity index (χ0n) is 4.43. The minimum Gasteiger partial charge on any atom is -0.0820 e. The van der Waals surface area contributed by atoms with Crippen LogP contribution in [0.15, 0.2) is 0 Å². The predicted molar refractivity (Wildman–Crippen MR) is 41.0 cm³/mol. The number of hydrogen-bond acceptors (Lipinski definition) is 2. The second-order valence-corrected chi connectivity index (χ2v) is 9.19. The maximum atomic E-state index is 5.07. The van der Waals surface area contributed by atoms with Gasteiger partial charge in [0.1, 0.15) is 0 Å². The van der Waals surface area contributed by atoms with E-state index in [1.165, 1.54) is 0 Å². The Balaban J connectivity index is 3.00. The minimum atomic E-state index is -0.928. The van der Waals surface area contributed by atoms with Gasteiger partial charge in [0, 0.05) is 10.5 Å². The lowest BCUT2D eigenvalue weighted by Gasteiger charge is -1.89. The van der Waals surface area contributed by atoms with Crippen molar-refractivity contribution in [1.29, 1.82) is 0 Å². The van der Waals surface area contributed by atoms with Crippen molar-refractivity contribution in [3.8, 4) is 0 Å². The summed E-state index contributed by atoms with van der Waals surface area (Å²) in [6.07, 6.45) is 0. The molecule has 3 heteroatoms. The Hall–Kier alpha value is 0.790. The molecule has 0 bridgehead atoms. The average Bonchev–Trinajstić information content (AvgIpc) is 1.63. The van der Waals surface area contributed by atoms with Gasteiger partial charge in [0.2, 0.25) is 0 Å². The van der Waals surface area contributed by atoms with Gasteiger partial charge >= 0.3 is 0 Å². The van der Waals surface area contributed by atoms with Crippen LogP contribution in [0.2, 0.25) is 0 Å². The summed E-state index contributed by atoms with van der Waals surface area (Å²) in [5.41, 5.74) is 0. The summed E-state index contributed by atoms with van der Waals surface area (Å²) in [7, 11) is -0.928. The molecule has 0 aromatic rings. The smallest absolute Gasteiger partial charge is 0.0288 e. The van der Waals surface area contributed by atoms with E-state index in [0.717, 1.165) is 5.75 Å². The molecule has 7 heavy (non-hydrogen) atoms. The summed E-state index contributed by atoms with van der Waals surface area (Å²) >= 11 is 10.1. The minimum absolute atomic E-state index is 0.359. The average molecular weight is 152 g/mol. The van der Waals surface area contributed by atoms with Crippen molar-refractivity contribution in [3.63, 3.8) is 0 Å². The Morgan fingerprint density at radius 2 is 1.57 bits per heavy atom. The molecular formula is C4H8S3.